The zero-order valence-corrected chi connectivity index (χ0v) is 13.0. The van der Waals surface area contributed by atoms with E-state index >= 15 is 0 Å². The molecule has 0 spiro atoms. The molecular formula is C16H18N4O3. The second-order valence-electron chi connectivity index (χ2n) is 5.20. The van der Waals surface area contributed by atoms with Crippen LogP contribution in [0.2, 0.25) is 0 Å². The van der Waals surface area contributed by atoms with Gasteiger partial charge in [0, 0.05) is 11.3 Å². The van der Waals surface area contributed by atoms with Gasteiger partial charge in [-0.1, -0.05) is 0 Å². The molecule has 1 aromatic heterocycles. The highest BCUT2D eigenvalue weighted by Crippen LogP contribution is 2.27. The lowest BCUT2D eigenvalue weighted by Gasteiger charge is -2.07. The third kappa shape index (κ3) is 3.03. The molecule has 3 rings (SSSR count). The largest absolute Gasteiger partial charge is 0.493 e. The summed E-state index contributed by atoms with van der Waals surface area (Å²) in [6.07, 6.45) is 4.43. The highest BCUT2D eigenvalue weighted by molar-refractivity contribution is 5.94. The lowest BCUT2D eigenvalue weighted by atomic mass is 10.2. The SMILES string of the molecule is COc1ccc(/C=N\NC(=O)c2n[nH]c3c2CCC3)cc1OC. The number of carbonyl (C=O) groups is 1. The Labute approximate surface area is 133 Å². The van der Waals surface area contributed by atoms with Crippen LogP contribution in [0.5, 0.6) is 11.5 Å². The van der Waals surface area contributed by atoms with Crippen LogP contribution in [0, 0.1) is 0 Å². The van der Waals surface area contributed by atoms with Crippen molar-refractivity contribution in [3.8, 4) is 11.5 Å². The summed E-state index contributed by atoms with van der Waals surface area (Å²) >= 11 is 0. The number of carbonyl (C=O) groups excluding carboxylic acids is 1. The quantitative estimate of drug-likeness (QED) is 0.649. The Balaban J connectivity index is 1.68. The van der Waals surface area contributed by atoms with Crippen molar-refractivity contribution in [2.45, 2.75) is 19.3 Å². The van der Waals surface area contributed by atoms with Crippen LogP contribution in [-0.4, -0.2) is 36.5 Å². The zero-order chi connectivity index (χ0) is 16.2. The maximum atomic E-state index is 12.1. The fourth-order valence-corrected chi connectivity index (χ4v) is 2.66. The predicted molar refractivity (Wildman–Crippen MR) is 85.2 cm³/mol. The Bertz CT molecular complexity index is 752. The summed E-state index contributed by atoms with van der Waals surface area (Å²) in [6, 6.07) is 5.38. The van der Waals surface area contributed by atoms with Gasteiger partial charge < -0.3 is 9.47 Å². The molecule has 1 aromatic carbocycles. The number of aromatic amines is 1. The molecule has 2 aromatic rings. The van der Waals surface area contributed by atoms with Gasteiger partial charge in [-0.3, -0.25) is 9.89 Å². The third-order valence-electron chi connectivity index (χ3n) is 3.81. The molecule has 120 valence electrons. The van der Waals surface area contributed by atoms with Gasteiger partial charge >= 0.3 is 0 Å². The number of ether oxygens (including phenoxy) is 2. The van der Waals surface area contributed by atoms with Crippen LogP contribution in [0.15, 0.2) is 23.3 Å². The molecule has 0 radical (unpaired) electrons. The van der Waals surface area contributed by atoms with Crippen LogP contribution in [0.1, 0.15) is 33.7 Å². The van der Waals surface area contributed by atoms with Crippen LogP contribution < -0.4 is 14.9 Å². The first kappa shape index (κ1) is 15.1. The number of nitrogens with zero attached hydrogens (tertiary/aromatic N) is 2. The van der Waals surface area contributed by atoms with Crippen molar-refractivity contribution in [2.75, 3.05) is 14.2 Å². The summed E-state index contributed by atoms with van der Waals surface area (Å²) in [7, 11) is 3.15. The minimum atomic E-state index is -0.305. The molecular weight excluding hydrogens is 296 g/mol. The number of hydrazone groups is 1. The van der Waals surface area contributed by atoms with Gasteiger partial charge in [0.05, 0.1) is 20.4 Å². The Morgan fingerprint density at radius 1 is 1.30 bits per heavy atom. The van der Waals surface area contributed by atoms with Crippen molar-refractivity contribution in [3.05, 3.63) is 40.7 Å². The van der Waals surface area contributed by atoms with Crippen molar-refractivity contribution < 1.29 is 14.3 Å². The normalized spacial score (nSPS) is 13.1. The maximum Gasteiger partial charge on any atom is 0.292 e. The smallest absolute Gasteiger partial charge is 0.292 e. The minimum Gasteiger partial charge on any atom is -0.493 e. The lowest BCUT2D eigenvalue weighted by Crippen LogP contribution is -2.19. The average Bonchev–Trinajstić information content (AvgIpc) is 3.17. The average molecular weight is 314 g/mol. The minimum absolute atomic E-state index is 0.305. The van der Waals surface area contributed by atoms with E-state index in [1.807, 2.05) is 6.07 Å². The van der Waals surface area contributed by atoms with E-state index in [-0.39, 0.29) is 5.91 Å². The van der Waals surface area contributed by atoms with E-state index in [1.54, 1.807) is 32.6 Å². The second kappa shape index (κ2) is 6.51. The van der Waals surface area contributed by atoms with Crippen LogP contribution in [0.25, 0.3) is 0 Å². The maximum absolute atomic E-state index is 12.1. The molecule has 0 saturated carbocycles. The number of H-pyrrole nitrogens is 1. The Kier molecular flexibility index (Phi) is 4.27. The molecule has 0 aliphatic heterocycles. The van der Waals surface area contributed by atoms with E-state index in [0.29, 0.717) is 17.2 Å². The Hall–Kier alpha value is -2.83. The first-order chi connectivity index (χ1) is 11.2. The molecule has 0 bridgehead atoms. The lowest BCUT2D eigenvalue weighted by molar-refractivity contribution is 0.0949. The summed E-state index contributed by atoms with van der Waals surface area (Å²) in [4.78, 5) is 12.1. The van der Waals surface area contributed by atoms with Gasteiger partial charge in [-0.25, -0.2) is 5.43 Å². The molecule has 23 heavy (non-hydrogen) atoms. The van der Waals surface area contributed by atoms with Gasteiger partial charge in [0.2, 0.25) is 0 Å². The first-order valence-corrected chi connectivity index (χ1v) is 7.34. The van der Waals surface area contributed by atoms with E-state index in [0.717, 1.165) is 36.1 Å². The number of amides is 1. The van der Waals surface area contributed by atoms with Gasteiger partial charge in [-0.2, -0.15) is 10.2 Å². The molecule has 2 N–H and O–H groups in total. The van der Waals surface area contributed by atoms with Gasteiger partial charge in [-0.15, -0.1) is 0 Å². The molecule has 0 atom stereocenters. The number of hydrogen-bond acceptors (Lipinski definition) is 5. The number of aromatic nitrogens is 2. The molecule has 0 saturated heterocycles. The fraction of sp³-hybridized carbons (Fsp3) is 0.312. The van der Waals surface area contributed by atoms with E-state index < -0.39 is 0 Å². The topological polar surface area (TPSA) is 88.6 Å². The number of nitrogens with one attached hydrogen (secondary N) is 2. The Morgan fingerprint density at radius 3 is 2.91 bits per heavy atom. The highest BCUT2D eigenvalue weighted by Gasteiger charge is 2.22. The zero-order valence-electron chi connectivity index (χ0n) is 13.0. The van der Waals surface area contributed by atoms with Crippen LogP contribution in [0.3, 0.4) is 0 Å². The van der Waals surface area contributed by atoms with Crippen molar-refractivity contribution in [2.24, 2.45) is 5.10 Å². The Morgan fingerprint density at radius 2 is 2.13 bits per heavy atom. The van der Waals surface area contributed by atoms with Crippen LogP contribution in [-0.2, 0) is 12.8 Å². The van der Waals surface area contributed by atoms with Crippen molar-refractivity contribution in [1.82, 2.24) is 15.6 Å². The van der Waals surface area contributed by atoms with Crippen LogP contribution >= 0.6 is 0 Å². The van der Waals surface area contributed by atoms with Crippen LogP contribution in [0.4, 0.5) is 0 Å². The molecule has 7 heteroatoms. The van der Waals surface area contributed by atoms with E-state index in [2.05, 4.69) is 20.7 Å². The summed E-state index contributed by atoms with van der Waals surface area (Å²) < 4.78 is 10.4. The number of aryl methyl sites for hydroxylation is 1. The monoisotopic (exact) mass is 314 g/mol. The van der Waals surface area contributed by atoms with Gasteiger partial charge in [0.15, 0.2) is 17.2 Å². The van der Waals surface area contributed by atoms with E-state index in [4.69, 9.17) is 9.47 Å². The number of hydrogen-bond donors (Lipinski definition) is 2. The summed E-state index contributed by atoms with van der Waals surface area (Å²) in [5, 5.41) is 11.0. The first-order valence-electron chi connectivity index (χ1n) is 7.34. The summed E-state index contributed by atoms with van der Waals surface area (Å²) in [6.45, 7) is 0. The fourth-order valence-electron chi connectivity index (χ4n) is 2.66. The highest BCUT2D eigenvalue weighted by atomic mass is 16.5. The number of rotatable bonds is 5. The number of benzene rings is 1. The van der Waals surface area contributed by atoms with Gasteiger partial charge in [0.1, 0.15) is 0 Å². The molecule has 1 amide bonds. The molecule has 7 nitrogen and oxygen atoms in total. The second-order valence-corrected chi connectivity index (χ2v) is 5.20. The molecule has 1 heterocycles. The standard InChI is InChI=1S/C16H18N4O3/c1-22-13-7-6-10(8-14(13)23-2)9-17-20-16(21)15-11-4-3-5-12(11)18-19-15/h6-9H,3-5H2,1-2H3,(H,18,19)(H,20,21)/b17-9-. The van der Waals surface area contributed by atoms with Crippen molar-refractivity contribution in [1.29, 1.82) is 0 Å². The summed E-state index contributed by atoms with van der Waals surface area (Å²) in [5.41, 5.74) is 5.78. The molecule has 1 aliphatic rings. The molecule has 0 fully saturated rings. The van der Waals surface area contributed by atoms with Crippen molar-refractivity contribution in [3.63, 3.8) is 0 Å². The molecule has 1 aliphatic carbocycles. The van der Waals surface area contributed by atoms with E-state index in [1.165, 1.54) is 0 Å². The number of fused-ring (bicyclic) bond motifs is 1. The summed E-state index contributed by atoms with van der Waals surface area (Å²) in [5.74, 6) is 0.940. The third-order valence-corrected chi connectivity index (χ3v) is 3.81. The van der Waals surface area contributed by atoms with Crippen molar-refractivity contribution >= 4 is 12.1 Å². The number of methoxy groups -OCH3 is 2. The predicted octanol–water partition coefficient (Wildman–Crippen LogP) is 1.68. The molecule has 0 unspecified atom stereocenters. The van der Waals surface area contributed by atoms with E-state index in [9.17, 15) is 4.79 Å². The van der Waals surface area contributed by atoms with Gasteiger partial charge in [0.25, 0.3) is 5.91 Å². The van der Waals surface area contributed by atoms with Gasteiger partial charge in [-0.05, 0) is 43.0 Å².